The molecule has 0 saturated carbocycles. The van der Waals surface area contributed by atoms with E-state index in [0.717, 1.165) is 18.6 Å². The van der Waals surface area contributed by atoms with Gasteiger partial charge in [-0.15, -0.1) is 0 Å². The summed E-state index contributed by atoms with van der Waals surface area (Å²) in [6.07, 6.45) is 1.22. The molecule has 2 atom stereocenters. The average molecular weight is 270 g/mol. The number of rotatable bonds is 4. The maximum Gasteiger partial charge on any atom is 0.488 e. The van der Waals surface area contributed by atoms with Gasteiger partial charge in [-0.2, -0.15) is 11.8 Å². The Balaban J connectivity index is 2.04. The highest BCUT2D eigenvalue weighted by Crippen LogP contribution is 2.28. The van der Waals surface area contributed by atoms with Gasteiger partial charge in [0.15, 0.2) is 0 Å². The van der Waals surface area contributed by atoms with Crippen LogP contribution in [0.25, 0.3) is 0 Å². The second kappa shape index (κ2) is 6.06. The number of halogens is 1. The molecule has 3 nitrogen and oxygen atoms in total. The molecule has 2 unspecified atom stereocenters. The second-order valence-corrected chi connectivity index (χ2v) is 5.66. The second-order valence-electron chi connectivity index (χ2n) is 4.43. The van der Waals surface area contributed by atoms with Gasteiger partial charge in [0, 0.05) is 17.6 Å². The molecular weight excluding hydrogens is 254 g/mol. The first-order valence-electron chi connectivity index (χ1n) is 5.95. The fourth-order valence-electron chi connectivity index (χ4n) is 2.07. The average Bonchev–Trinajstić information content (AvgIpc) is 2.73. The molecule has 98 valence electrons. The Morgan fingerprint density at radius 2 is 2.28 bits per heavy atom. The molecule has 2 rings (SSSR count). The highest BCUT2D eigenvalue weighted by atomic mass is 32.2. The monoisotopic (exact) mass is 270 g/mol. The molecular formula is C12H16BFO3S. The zero-order chi connectivity index (χ0) is 13.1. The third kappa shape index (κ3) is 3.26. The van der Waals surface area contributed by atoms with E-state index < -0.39 is 12.9 Å². The van der Waals surface area contributed by atoms with Crippen molar-refractivity contribution < 1.29 is 19.2 Å². The van der Waals surface area contributed by atoms with E-state index in [9.17, 15) is 14.4 Å². The van der Waals surface area contributed by atoms with Crippen LogP contribution in [-0.4, -0.2) is 35.1 Å². The molecule has 1 saturated heterocycles. The predicted octanol–water partition coefficient (Wildman–Crippen LogP) is 0.916. The summed E-state index contributed by atoms with van der Waals surface area (Å²) < 4.78 is 18.5. The highest BCUT2D eigenvalue weighted by molar-refractivity contribution is 7.99. The fraction of sp³-hybridized carbons (Fsp3) is 0.500. The van der Waals surface area contributed by atoms with E-state index >= 15 is 0 Å². The van der Waals surface area contributed by atoms with Gasteiger partial charge >= 0.3 is 7.12 Å². The molecule has 0 spiro atoms. The van der Waals surface area contributed by atoms with Gasteiger partial charge in [-0.25, -0.2) is 4.39 Å². The van der Waals surface area contributed by atoms with Crippen molar-refractivity contribution >= 4 is 24.3 Å². The van der Waals surface area contributed by atoms with Gasteiger partial charge in [0.2, 0.25) is 0 Å². The zero-order valence-corrected chi connectivity index (χ0v) is 11.0. The predicted molar refractivity (Wildman–Crippen MR) is 71.3 cm³/mol. The maximum absolute atomic E-state index is 13.1. The first-order valence-corrected chi connectivity index (χ1v) is 7.00. The molecule has 1 fully saturated rings. The molecule has 0 aromatic heterocycles. The van der Waals surface area contributed by atoms with Gasteiger partial charge < -0.3 is 14.8 Å². The molecule has 1 aliphatic rings. The molecule has 1 aromatic rings. The normalized spacial score (nSPS) is 23.3. The first-order chi connectivity index (χ1) is 8.58. The number of hydrogen-bond donors (Lipinski definition) is 2. The summed E-state index contributed by atoms with van der Waals surface area (Å²) in [4.78, 5) is 0. The molecule has 0 amide bonds. The molecule has 6 heteroatoms. The van der Waals surface area contributed by atoms with Crippen molar-refractivity contribution in [3.05, 3.63) is 29.6 Å². The maximum atomic E-state index is 13.1. The van der Waals surface area contributed by atoms with E-state index in [4.69, 9.17) is 4.74 Å². The van der Waals surface area contributed by atoms with Crippen LogP contribution in [0, 0.1) is 5.82 Å². The number of hydrogen-bond acceptors (Lipinski definition) is 4. The van der Waals surface area contributed by atoms with Crippen molar-refractivity contribution in [3.63, 3.8) is 0 Å². The SMILES string of the molecule is CC1OCCC1SCc1ccc(F)cc1B(O)O. The number of thioether (sulfide) groups is 1. The van der Waals surface area contributed by atoms with Crippen LogP contribution < -0.4 is 5.46 Å². The lowest BCUT2D eigenvalue weighted by atomic mass is 9.77. The van der Waals surface area contributed by atoms with Crippen LogP contribution in [0.4, 0.5) is 4.39 Å². The Morgan fingerprint density at radius 3 is 2.89 bits per heavy atom. The lowest BCUT2D eigenvalue weighted by Gasteiger charge is -2.15. The summed E-state index contributed by atoms with van der Waals surface area (Å²) in [6, 6.07) is 4.13. The summed E-state index contributed by atoms with van der Waals surface area (Å²) in [7, 11) is -1.63. The first kappa shape index (κ1) is 13.9. The summed E-state index contributed by atoms with van der Waals surface area (Å²) in [5.41, 5.74) is 1.00. The van der Waals surface area contributed by atoms with Crippen LogP contribution in [-0.2, 0) is 10.5 Å². The number of benzene rings is 1. The van der Waals surface area contributed by atoms with E-state index in [-0.39, 0.29) is 11.6 Å². The minimum Gasteiger partial charge on any atom is -0.423 e. The lowest BCUT2D eigenvalue weighted by Crippen LogP contribution is -2.33. The van der Waals surface area contributed by atoms with Gasteiger partial charge in [-0.1, -0.05) is 6.07 Å². The van der Waals surface area contributed by atoms with E-state index in [0.29, 0.717) is 11.0 Å². The molecule has 1 aliphatic heterocycles. The highest BCUT2D eigenvalue weighted by Gasteiger charge is 2.25. The smallest absolute Gasteiger partial charge is 0.423 e. The molecule has 0 bridgehead atoms. The quantitative estimate of drug-likeness (QED) is 0.799. The van der Waals surface area contributed by atoms with Crippen LogP contribution in [0.1, 0.15) is 18.9 Å². The van der Waals surface area contributed by atoms with Crippen molar-refractivity contribution in [3.8, 4) is 0 Å². The van der Waals surface area contributed by atoms with Crippen LogP contribution in [0.15, 0.2) is 18.2 Å². The summed E-state index contributed by atoms with van der Waals surface area (Å²) in [5.74, 6) is 0.176. The Labute approximate surface area is 110 Å². The summed E-state index contributed by atoms with van der Waals surface area (Å²) in [5, 5.41) is 18.9. The summed E-state index contributed by atoms with van der Waals surface area (Å²) >= 11 is 1.71. The lowest BCUT2D eigenvalue weighted by molar-refractivity contribution is 0.127. The Kier molecular flexibility index (Phi) is 4.67. The van der Waals surface area contributed by atoms with E-state index in [2.05, 4.69) is 0 Å². The van der Waals surface area contributed by atoms with Crippen LogP contribution in [0.5, 0.6) is 0 Å². The minimum atomic E-state index is -1.63. The Bertz CT molecular complexity index is 416. The third-order valence-electron chi connectivity index (χ3n) is 3.15. The van der Waals surface area contributed by atoms with Crippen molar-refractivity contribution in [1.82, 2.24) is 0 Å². The third-order valence-corrected chi connectivity index (χ3v) is 4.67. The van der Waals surface area contributed by atoms with E-state index in [1.165, 1.54) is 12.1 Å². The van der Waals surface area contributed by atoms with E-state index in [1.54, 1.807) is 17.8 Å². The van der Waals surface area contributed by atoms with Crippen molar-refractivity contribution in [2.75, 3.05) is 6.61 Å². The van der Waals surface area contributed by atoms with Crippen molar-refractivity contribution in [1.29, 1.82) is 0 Å². The van der Waals surface area contributed by atoms with Gasteiger partial charge in [0.1, 0.15) is 5.82 Å². The summed E-state index contributed by atoms with van der Waals surface area (Å²) in [6.45, 7) is 2.81. The molecule has 1 heterocycles. The zero-order valence-electron chi connectivity index (χ0n) is 10.2. The number of ether oxygens (including phenoxy) is 1. The Hall–Kier alpha value is -0.555. The molecule has 18 heavy (non-hydrogen) atoms. The standard InChI is InChI=1S/C12H16BFO3S/c1-8-12(4-5-17-8)18-7-9-2-3-10(14)6-11(9)13(15)16/h2-3,6,8,12,15-16H,4-5,7H2,1H3. The molecule has 2 N–H and O–H groups in total. The van der Waals surface area contributed by atoms with Gasteiger partial charge in [0.25, 0.3) is 0 Å². The van der Waals surface area contributed by atoms with Gasteiger partial charge in [0.05, 0.1) is 6.10 Å². The topological polar surface area (TPSA) is 49.7 Å². The van der Waals surface area contributed by atoms with Crippen molar-refractivity contribution in [2.24, 2.45) is 0 Å². The fourth-order valence-corrected chi connectivity index (χ4v) is 3.33. The largest absolute Gasteiger partial charge is 0.488 e. The molecule has 1 aromatic carbocycles. The van der Waals surface area contributed by atoms with E-state index in [1.807, 2.05) is 6.92 Å². The Morgan fingerprint density at radius 1 is 1.50 bits per heavy atom. The van der Waals surface area contributed by atoms with Gasteiger partial charge in [-0.3, -0.25) is 0 Å². The van der Waals surface area contributed by atoms with Crippen molar-refractivity contribution in [2.45, 2.75) is 30.5 Å². The minimum absolute atomic E-state index is 0.220. The molecule has 0 aliphatic carbocycles. The van der Waals surface area contributed by atoms with Crippen LogP contribution >= 0.6 is 11.8 Å². The van der Waals surface area contributed by atoms with Gasteiger partial charge in [-0.05, 0) is 36.5 Å². The van der Waals surface area contributed by atoms with Crippen LogP contribution in [0.2, 0.25) is 0 Å². The van der Waals surface area contributed by atoms with Crippen LogP contribution in [0.3, 0.4) is 0 Å². The molecule has 0 radical (unpaired) electrons.